The zero-order chi connectivity index (χ0) is 5.54. The van der Waals surface area contributed by atoms with E-state index in [1.165, 1.54) is 6.20 Å². The molecule has 0 bridgehead atoms. The third kappa shape index (κ3) is 5.24. The van der Waals surface area contributed by atoms with Crippen molar-refractivity contribution in [1.82, 2.24) is 0 Å². The van der Waals surface area contributed by atoms with Crippen LogP contribution in [0.1, 0.15) is 0 Å². The van der Waals surface area contributed by atoms with E-state index in [9.17, 15) is 0 Å². The number of rotatable bonds is 2. The topological polar surface area (TPSA) is 46.2 Å². The SMILES string of the molecule is N/C=C/C=C/CO. The van der Waals surface area contributed by atoms with Crippen LogP contribution in [-0.2, 0) is 0 Å². The van der Waals surface area contributed by atoms with Crippen molar-refractivity contribution in [3.63, 3.8) is 0 Å². The Morgan fingerprint density at radius 1 is 1.43 bits per heavy atom. The van der Waals surface area contributed by atoms with E-state index in [0.29, 0.717) is 0 Å². The van der Waals surface area contributed by atoms with Crippen molar-refractivity contribution in [1.29, 1.82) is 0 Å². The van der Waals surface area contributed by atoms with Crippen LogP contribution in [0.4, 0.5) is 0 Å². The normalized spacial score (nSPS) is 11.6. The Hall–Kier alpha value is -0.760. The summed E-state index contributed by atoms with van der Waals surface area (Å²) in [5.41, 5.74) is 4.96. The molecule has 3 N–H and O–H groups in total. The minimum atomic E-state index is 0.0737. The van der Waals surface area contributed by atoms with Crippen LogP contribution in [0.2, 0.25) is 0 Å². The third-order valence-electron chi connectivity index (χ3n) is 0.464. The van der Waals surface area contributed by atoms with E-state index < -0.39 is 0 Å². The van der Waals surface area contributed by atoms with Crippen molar-refractivity contribution in [3.05, 3.63) is 24.4 Å². The van der Waals surface area contributed by atoms with Crippen LogP contribution in [-0.4, -0.2) is 11.7 Å². The highest BCUT2D eigenvalue weighted by Gasteiger charge is 1.58. The van der Waals surface area contributed by atoms with Gasteiger partial charge in [-0.2, -0.15) is 0 Å². The van der Waals surface area contributed by atoms with Crippen molar-refractivity contribution in [3.8, 4) is 0 Å². The van der Waals surface area contributed by atoms with Crippen LogP contribution < -0.4 is 5.73 Å². The predicted octanol–water partition coefficient (Wildman–Crippen LogP) is 0.00730. The fraction of sp³-hybridized carbons (Fsp3) is 0.200. The van der Waals surface area contributed by atoms with Crippen molar-refractivity contribution in [2.75, 3.05) is 6.61 Å². The average Bonchev–Trinajstić information content (AvgIpc) is 1.69. The summed E-state index contributed by atoms with van der Waals surface area (Å²) in [4.78, 5) is 0. The molecule has 0 spiro atoms. The van der Waals surface area contributed by atoms with Crippen molar-refractivity contribution in [2.45, 2.75) is 0 Å². The summed E-state index contributed by atoms with van der Waals surface area (Å²) in [6.45, 7) is 0.0737. The average molecular weight is 99.1 g/mol. The molecule has 0 atom stereocenters. The van der Waals surface area contributed by atoms with Crippen LogP contribution >= 0.6 is 0 Å². The van der Waals surface area contributed by atoms with Gasteiger partial charge in [-0.1, -0.05) is 12.2 Å². The molecule has 0 radical (unpaired) electrons. The lowest BCUT2D eigenvalue weighted by Crippen LogP contribution is -1.73. The molecule has 0 aromatic heterocycles. The maximum absolute atomic E-state index is 8.13. The Bertz CT molecular complexity index is 76.1. The molecule has 0 saturated heterocycles. The van der Waals surface area contributed by atoms with Gasteiger partial charge in [0.1, 0.15) is 0 Å². The van der Waals surface area contributed by atoms with Crippen LogP contribution in [0.3, 0.4) is 0 Å². The monoisotopic (exact) mass is 99.1 g/mol. The molecule has 0 aliphatic heterocycles. The van der Waals surface area contributed by atoms with Gasteiger partial charge in [0.2, 0.25) is 0 Å². The summed E-state index contributed by atoms with van der Waals surface area (Å²) in [5, 5.41) is 8.13. The van der Waals surface area contributed by atoms with Gasteiger partial charge < -0.3 is 10.8 Å². The molecule has 0 aliphatic rings. The fourth-order valence-corrected chi connectivity index (χ4v) is 0.204. The van der Waals surface area contributed by atoms with E-state index in [1.807, 2.05) is 0 Å². The molecule has 0 amide bonds. The molecule has 2 nitrogen and oxygen atoms in total. The second kappa shape index (κ2) is 5.24. The summed E-state index contributed by atoms with van der Waals surface area (Å²) in [5.74, 6) is 0. The minimum absolute atomic E-state index is 0.0737. The van der Waals surface area contributed by atoms with Crippen LogP contribution in [0.15, 0.2) is 24.4 Å². The second-order valence-corrected chi connectivity index (χ2v) is 0.996. The first-order valence-electron chi connectivity index (χ1n) is 2.06. The third-order valence-corrected chi connectivity index (χ3v) is 0.464. The number of aliphatic hydroxyl groups is 1. The first-order valence-corrected chi connectivity index (χ1v) is 2.06. The Morgan fingerprint density at radius 3 is 2.57 bits per heavy atom. The molecule has 0 fully saturated rings. The van der Waals surface area contributed by atoms with Crippen molar-refractivity contribution in [2.24, 2.45) is 5.73 Å². The highest BCUT2D eigenvalue weighted by atomic mass is 16.2. The zero-order valence-corrected chi connectivity index (χ0v) is 4.04. The summed E-state index contributed by atoms with van der Waals surface area (Å²) in [6.07, 6.45) is 6.34. The smallest absolute Gasteiger partial charge is 0.0615 e. The lowest BCUT2D eigenvalue weighted by molar-refractivity contribution is 0.343. The Labute approximate surface area is 43.0 Å². The highest BCUT2D eigenvalue weighted by Crippen LogP contribution is 1.69. The Kier molecular flexibility index (Phi) is 4.67. The minimum Gasteiger partial charge on any atom is -0.405 e. The number of hydrogen-bond donors (Lipinski definition) is 2. The quantitative estimate of drug-likeness (QED) is 0.479. The Balaban J connectivity index is 3.09. The van der Waals surface area contributed by atoms with Crippen molar-refractivity contribution < 1.29 is 5.11 Å². The van der Waals surface area contributed by atoms with Gasteiger partial charge in [0.05, 0.1) is 6.61 Å². The largest absolute Gasteiger partial charge is 0.405 e. The molecule has 0 saturated carbocycles. The van der Waals surface area contributed by atoms with E-state index >= 15 is 0 Å². The summed E-state index contributed by atoms with van der Waals surface area (Å²) in [6, 6.07) is 0. The lowest BCUT2D eigenvalue weighted by atomic mass is 10.5. The zero-order valence-electron chi connectivity index (χ0n) is 4.04. The highest BCUT2D eigenvalue weighted by molar-refractivity contribution is 5.00. The van der Waals surface area contributed by atoms with Crippen LogP contribution in [0.5, 0.6) is 0 Å². The lowest BCUT2D eigenvalue weighted by Gasteiger charge is -1.71. The van der Waals surface area contributed by atoms with E-state index in [1.54, 1.807) is 18.2 Å². The van der Waals surface area contributed by atoms with Gasteiger partial charge in [0, 0.05) is 0 Å². The standard InChI is InChI=1S/C5H9NO/c6-4-2-1-3-5-7/h1-4,7H,5-6H2/b3-1+,4-2+. The number of aliphatic hydroxyl groups excluding tert-OH is 1. The van der Waals surface area contributed by atoms with Crippen molar-refractivity contribution >= 4 is 0 Å². The molecular formula is C5H9NO. The van der Waals surface area contributed by atoms with Gasteiger partial charge >= 0.3 is 0 Å². The first-order chi connectivity index (χ1) is 3.41. The number of hydrogen-bond acceptors (Lipinski definition) is 2. The van der Waals surface area contributed by atoms with E-state index in [2.05, 4.69) is 0 Å². The number of allylic oxidation sites excluding steroid dienone is 2. The summed E-state index contributed by atoms with van der Waals surface area (Å²) >= 11 is 0. The maximum atomic E-state index is 8.13. The van der Waals surface area contributed by atoms with Gasteiger partial charge in [-0.15, -0.1) is 0 Å². The van der Waals surface area contributed by atoms with Gasteiger partial charge in [-0.05, 0) is 12.3 Å². The molecule has 0 aliphatic carbocycles. The van der Waals surface area contributed by atoms with Crippen LogP contribution in [0, 0.1) is 0 Å². The molecule has 0 aromatic rings. The molecule has 2 heteroatoms. The maximum Gasteiger partial charge on any atom is 0.0615 e. The molecule has 7 heavy (non-hydrogen) atoms. The fourth-order valence-electron chi connectivity index (χ4n) is 0.204. The molecule has 40 valence electrons. The summed E-state index contributed by atoms with van der Waals surface area (Å²) in [7, 11) is 0. The van der Waals surface area contributed by atoms with Gasteiger partial charge in [-0.3, -0.25) is 0 Å². The molecule has 0 heterocycles. The van der Waals surface area contributed by atoms with Crippen LogP contribution in [0.25, 0.3) is 0 Å². The first kappa shape index (κ1) is 6.24. The van der Waals surface area contributed by atoms with Gasteiger partial charge in [0.25, 0.3) is 0 Å². The van der Waals surface area contributed by atoms with Gasteiger partial charge in [0.15, 0.2) is 0 Å². The van der Waals surface area contributed by atoms with E-state index in [4.69, 9.17) is 10.8 Å². The number of nitrogens with two attached hydrogens (primary N) is 1. The second-order valence-electron chi connectivity index (χ2n) is 0.996. The van der Waals surface area contributed by atoms with E-state index in [-0.39, 0.29) is 6.61 Å². The molecular weight excluding hydrogens is 90.1 g/mol. The molecule has 0 aromatic carbocycles. The summed E-state index contributed by atoms with van der Waals surface area (Å²) < 4.78 is 0. The van der Waals surface area contributed by atoms with Gasteiger partial charge in [-0.25, -0.2) is 0 Å². The van der Waals surface area contributed by atoms with E-state index in [0.717, 1.165) is 0 Å². The Morgan fingerprint density at radius 2 is 2.14 bits per heavy atom. The predicted molar refractivity (Wildman–Crippen MR) is 29.6 cm³/mol. The molecule has 0 rings (SSSR count). The molecule has 0 unspecified atom stereocenters.